The number of benzene rings is 1. The normalized spacial score (nSPS) is 14.7. The molecule has 0 bridgehead atoms. The van der Waals surface area contributed by atoms with Gasteiger partial charge < -0.3 is 39.0 Å². The minimum Gasteiger partial charge on any atom is -0.464 e. The van der Waals surface area contributed by atoms with Crippen LogP contribution in [0.1, 0.15) is 182 Å². The molecule has 5 atom stereocenters. The number of hydrogen-bond acceptors (Lipinski definition) is 12. The van der Waals surface area contributed by atoms with E-state index in [9.17, 15) is 33.6 Å². The molecule has 1 aromatic heterocycles. The Morgan fingerprint density at radius 1 is 0.711 bits per heavy atom. The number of fused-ring (bicyclic) bond motifs is 1. The van der Waals surface area contributed by atoms with Crippen LogP contribution in [0.2, 0.25) is 0 Å². The van der Waals surface area contributed by atoms with Crippen LogP contribution in [0, 0.1) is 17.3 Å². The lowest BCUT2D eigenvalue weighted by molar-refractivity contribution is -0.161. The van der Waals surface area contributed by atoms with E-state index in [1.54, 1.807) is 89.3 Å². The van der Waals surface area contributed by atoms with Crippen LogP contribution in [0.5, 0.6) is 0 Å². The van der Waals surface area contributed by atoms with Crippen LogP contribution in [-0.2, 0) is 65.0 Å². The van der Waals surface area contributed by atoms with Crippen molar-refractivity contribution in [1.29, 1.82) is 0 Å². The number of ketones is 1. The van der Waals surface area contributed by atoms with Gasteiger partial charge >= 0.3 is 24.0 Å². The summed E-state index contributed by atoms with van der Waals surface area (Å²) in [5, 5.41) is 6.70. The van der Waals surface area contributed by atoms with Crippen molar-refractivity contribution < 1.29 is 57.3 Å². The number of unbranched alkanes of at least 4 members (excludes halogenated alkanes) is 2. The number of rotatable bonds is 25. The molecule has 2 rings (SSSR count). The minimum atomic E-state index is -1.21. The van der Waals surface area contributed by atoms with Crippen LogP contribution >= 0.6 is 0 Å². The minimum absolute atomic E-state index is 0.0229. The monoisotopic (exact) mass is 1070 g/mol. The van der Waals surface area contributed by atoms with Gasteiger partial charge in [-0.3, -0.25) is 33.7 Å². The molecule has 428 valence electrons. The Balaban J connectivity index is 2.41. The van der Waals surface area contributed by atoms with Crippen molar-refractivity contribution in [3.05, 3.63) is 47.7 Å². The highest BCUT2D eigenvalue weighted by Crippen LogP contribution is 2.37. The number of carbonyl (C=O) groups excluding carboxylic acids is 8. The predicted molar refractivity (Wildman–Crippen MR) is 296 cm³/mol. The number of ether oxygens (including phenoxy) is 4. The van der Waals surface area contributed by atoms with E-state index < -0.39 is 93.5 Å². The number of nitrogens with zero attached hydrogens (tertiary/aromatic N) is 3. The van der Waals surface area contributed by atoms with Gasteiger partial charge in [-0.1, -0.05) is 85.6 Å². The lowest BCUT2D eigenvalue weighted by Crippen LogP contribution is -2.63. The molecule has 0 radical (unpaired) electrons. The molecule has 2 aromatic rings. The molecular formula is C59H95N5O12. The van der Waals surface area contributed by atoms with E-state index in [1.165, 1.54) is 16.8 Å². The lowest BCUT2D eigenvalue weighted by atomic mass is 9.76. The van der Waals surface area contributed by atoms with Crippen molar-refractivity contribution in [3.8, 4) is 0 Å². The zero-order valence-corrected chi connectivity index (χ0v) is 50.0. The van der Waals surface area contributed by atoms with Gasteiger partial charge in [0.1, 0.15) is 40.7 Å². The van der Waals surface area contributed by atoms with Gasteiger partial charge in [0.05, 0.1) is 18.6 Å². The average Bonchev–Trinajstić information content (AvgIpc) is 3.62. The number of aromatic nitrogens is 1. The number of carbonyl (C=O) groups is 8. The molecule has 4 amide bonds. The number of aryl methyl sites for hydroxylation is 1. The van der Waals surface area contributed by atoms with Gasteiger partial charge in [0.25, 0.3) is 0 Å². The quantitative estimate of drug-likeness (QED) is 0.0412. The van der Waals surface area contributed by atoms with Crippen molar-refractivity contribution in [2.45, 2.75) is 222 Å². The smallest absolute Gasteiger partial charge is 0.410 e. The summed E-state index contributed by atoms with van der Waals surface area (Å²) in [5.74, 6) is -4.50. The summed E-state index contributed by atoms with van der Waals surface area (Å²) in [5.41, 5.74) is -2.17. The van der Waals surface area contributed by atoms with Crippen LogP contribution < -0.4 is 10.6 Å². The average molecular weight is 1070 g/mol. The van der Waals surface area contributed by atoms with Crippen LogP contribution in [0.4, 0.5) is 4.79 Å². The standard InChI is InChI=1S/C59H95N5O12/c1-22-73-53(71)43(33-32-40(65)35-39(52(70)75-57(11,12)13)28-24-23-25-31-46(66)74-56(8,9)10)60-49(67)38(4)34-45(37(2)3)63(20)51(69)47(55(5,6)7)61-50(68)48(64(21)54(72)76-58(14,15)16)59(17,18)42-36-62(19)44-30-27-26-29-41(42)44/h26-27,29-30,34,36-37,39,43,45,47-48H,22-25,28,31-33,35H2,1-21H3,(H,60,67)(H,61,68)/b38-34+/t39-,43+,45+,47+,48+/m0/s1. The highest BCUT2D eigenvalue weighted by Gasteiger charge is 2.47. The van der Waals surface area contributed by atoms with E-state index in [2.05, 4.69) is 10.6 Å². The van der Waals surface area contributed by atoms with Crippen LogP contribution in [0.3, 0.4) is 0 Å². The fourth-order valence-corrected chi connectivity index (χ4v) is 9.10. The van der Waals surface area contributed by atoms with Crippen molar-refractivity contribution >= 4 is 58.4 Å². The first-order valence-corrected chi connectivity index (χ1v) is 26.9. The fraction of sp³-hybridized carbons (Fsp3) is 0.695. The third-order valence-corrected chi connectivity index (χ3v) is 12.9. The summed E-state index contributed by atoms with van der Waals surface area (Å²) < 4.78 is 24.1. The summed E-state index contributed by atoms with van der Waals surface area (Å²) in [6, 6.07) is 3.63. The van der Waals surface area contributed by atoms with Crippen molar-refractivity contribution in [3.63, 3.8) is 0 Å². The van der Waals surface area contributed by atoms with Gasteiger partial charge in [0.2, 0.25) is 17.7 Å². The molecule has 0 spiro atoms. The van der Waals surface area contributed by atoms with Gasteiger partial charge in [-0.05, 0) is 118 Å². The number of esters is 3. The molecule has 0 unspecified atom stereocenters. The zero-order valence-electron chi connectivity index (χ0n) is 50.0. The fourth-order valence-electron chi connectivity index (χ4n) is 9.10. The van der Waals surface area contributed by atoms with Crippen molar-refractivity contribution in [2.24, 2.45) is 24.3 Å². The Hall–Kier alpha value is -5.74. The second-order valence-electron chi connectivity index (χ2n) is 25.2. The summed E-state index contributed by atoms with van der Waals surface area (Å²) in [4.78, 5) is 113. The summed E-state index contributed by atoms with van der Waals surface area (Å²) in [6.07, 6.45) is 4.82. The van der Waals surface area contributed by atoms with Gasteiger partial charge in [0, 0.05) is 68.5 Å². The maximum Gasteiger partial charge on any atom is 0.410 e. The maximum atomic E-state index is 15.0. The molecular weight excluding hydrogens is 971 g/mol. The zero-order chi connectivity index (χ0) is 58.5. The Kier molecular flexibility index (Phi) is 24.0. The van der Waals surface area contributed by atoms with E-state index in [-0.39, 0.29) is 55.5 Å². The third kappa shape index (κ3) is 20.7. The van der Waals surface area contributed by atoms with E-state index in [4.69, 9.17) is 18.9 Å². The number of hydrogen-bond donors (Lipinski definition) is 2. The number of Topliss-reactive ketones (excluding diaryl/α,β-unsaturated/α-hetero) is 1. The SMILES string of the molecule is CCOC(=O)[C@@H](CCC(=O)C[C@H](CCCCCC(=O)OC(C)(C)C)C(=O)OC(C)(C)C)NC(=O)/C(C)=C/[C@H](C(C)C)N(C)C(=O)[C@@H](NC(=O)[C@@H](N(C)C(=O)OC(C)(C)C)C(C)(C)c1cn(C)c2ccccc12)C(C)(C)C. The van der Waals surface area contributed by atoms with E-state index >= 15 is 4.79 Å². The van der Waals surface area contributed by atoms with Gasteiger partial charge in [-0.15, -0.1) is 0 Å². The number of likely N-dealkylation sites (N-methyl/N-ethyl adjacent to an activating group) is 2. The first-order valence-electron chi connectivity index (χ1n) is 26.9. The highest BCUT2D eigenvalue weighted by molar-refractivity contribution is 5.97. The lowest BCUT2D eigenvalue weighted by Gasteiger charge is -2.42. The van der Waals surface area contributed by atoms with Crippen LogP contribution in [0.25, 0.3) is 10.9 Å². The number of nitrogens with one attached hydrogen (secondary N) is 2. The molecule has 2 N–H and O–H groups in total. The first-order chi connectivity index (χ1) is 34.7. The van der Waals surface area contributed by atoms with Crippen LogP contribution in [-0.4, -0.2) is 124 Å². The van der Waals surface area contributed by atoms with E-state index in [0.29, 0.717) is 25.7 Å². The molecule has 0 aliphatic carbocycles. The first kappa shape index (κ1) is 66.4. The third-order valence-electron chi connectivity index (χ3n) is 12.9. The molecule has 1 heterocycles. The van der Waals surface area contributed by atoms with Crippen LogP contribution in [0.15, 0.2) is 42.1 Å². The summed E-state index contributed by atoms with van der Waals surface area (Å²) in [7, 11) is 5.04. The predicted octanol–water partition coefficient (Wildman–Crippen LogP) is 9.69. The Morgan fingerprint density at radius 2 is 1.29 bits per heavy atom. The summed E-state index contributed by atoms with van der Waals surface area (Å²) in [6.45, 7) is 32.2. The van der Waals surface area contributed by atoms with Crippen molar-refractivity contribution in [2.75, 3.05) is 20.7 Å². The number of amides is 4. The largest absolute Gasteiger partial charge is 0.464 e. The maximum absolute atomic E-state index is 15.0. The molecule has 0 saturated heterocycles. The van der Waals surface area contributed by atoms with Gasteiger partial charge in [-0.25, -0.2) is 9.59 Å². The Labute approximate surface area is 454 Å². The second kappa shape index (κ2) is 27.5. The molecule has 0 saturated carbocycles. The highest BCUT2D eigenvalue weighted by atomic mass is 16.6. The molecule has 17 nitrogen and oxygen atoms in total. The van der Waals surface area contributed by atoms with E-state index in [0.717, 1.165) is 16.5 Å². The van der Waals surface area contributed by atoms with E-state index in [1.807, 2.05) is 90.5 Å². The molecule has 0 aliphatic heterocycles. The molecule has 0 aliphatic rings. The summed E-state index contributed by atoms with van der Waals surface area (Å²) >= 11 is 0. The number of para-hydroxylation sites is 1. The van der Waals surface area contributed by atoms with Crippen molar-refractivity contribution in [1.82, 2.24) is 25.0 Å². The molecule has 17 heteroatoms. The molecule has 76 heavy (non-hydrogen) atoms. The van der Waals surface area contributed by atoms with Gasteiger partial charge in [-0.2, -0.15) is 0 Å². The van der Waals surface area contributed by atoms with Gasteiger partial charge in [0.15, 0.2) is 0 Å². The molecule has 1 aromatic carbocycles. The topological polar surface area (TPSA) is 209 Å². The molecule has 0 fully saturated rings. The second-order valence-corrected chi connectivity index (χ2v) is 25.2. The Morgan fingerprint density at radius 3 is 1.83 bits per heavy atom. The Bertz CT molecular complexity index is 2370.